The molecular weight excluding hydrogens is 681 g/mol. The van der Waals surface area contributed by atoms with E-state index in [2.05, 4.69) is 144 Å². The molecule has 3 heterocycles. The van der Waals surface area contributed by atoms with E-state index in [1.807, 2.05) is 41.7 Å². The van der Waals surface area contributed by atoms with Gasteiger partial charge in [0.1, 0.15) is 16.7 Å². The van der Waals surface area contributed by atoms with Crippen LogP contribution in [0.5, 0.6) is 0 Å². The molecule has 0 atom stereocenters. The fourth-order valence-electron chi connectivity index (χ4n) is 8.30. The van der Waals surface area contributed by atoms with E-state index in [1.165, 1.54) is 41.7 Å². The first kappa shape index (κ1) is 29.6. The Morgan fingerprint density at radius 3 is 2.02 bits per heavy atom. The van der Waals surface area contributed by atoms with Crippen LogP contribution in [0.15, 0.2) is 179 Å². The first-order chi connectivity index (χ1) is 26.7. The summed E-state index contributed by atoms with van der Waals surface area (Å²) in [4.78, 5) is 7.38. The smallest absolute Gasteiger partial charge is 0.228 e. The van der Waals surface area contributed by atoms with E-state index in [0.29, 0.717) is 5.89 Å². The zero-order valence-electron chi connectivity index (χ0n) is 28.8. The molecule has 54 heavy (non-hydrogen) atoms. The summed E-state index contributed by atoms with van der Waals surface area (Å²) in [5, 5.41) is 11.7. The largest absolute Gasteiger partial charge is 0.456 e. The lowest BCUT2D eigenvalue weighted by Gasteiger charge is -2.26. The second-order valence-electron chi connectivity index (χ2n) is 13.9. The van der Waals surface area contributed by atoms with Gasteiger partial charge in [-0.2, -0.15) is 0 Å². The minimum atomic E-state index is 0.584. The Morgan fingerprint density at radius 1 is 0.426 bits per heavy atom. The quantitative estimate of drug-likeness (QED) is 0.183. The highest BCUT2D eigenvalue weighted by Gasteiger charge is 2.21. The van der Waals surface area contributed by atoms with Crippen molar-refractivity contribution in [2.75, 3.05) is 4.90 Å². The van der Waals surface area contributed by atoms with Gasteiger partial charge in [0, 0.05) is 65.0 Å². The summed E-state index contributed by atoms with van der Waals surface area (Å²) < 4.78 is 15.7. The number of anilines is 3. The van der Waals surface area contributed by atoms with Gasteiger partial charge >= 0.3 is 0 Å². The van der Waals surface area contributed by atoms with Gasteiger partial charge in [0.25, 0.3) is 0 Å². The van der Waals surface area contributed by atoms with Gasteiger partial charge < -0.3 is 13.7 Å². The molecule has 9 aromatic carbocycles. The van der Waals surface area contributed by atoms with Gasteiger partial charge in [0.15, 0.2) is 5.58 Å². The van der Waals surface area contributed by atoms with Crippen molar-refractivity contribution in [3.8, 4) is 11.5 Å². The zero-order chi connectivity index (χ0) is 35.3. The van der Waals surface area contributed by atoms with Gasteiger partial charge in [-0.15, -0.1) is 11.3 Å². The van der Waals surface area contributed by atoms with Crippen LogP contribution in [-0.4, -0.2) is 4.98 Å². The first-order valence-corrected chi connectivity index (χ1v) is 18.9. The van der Waals surface area contributed by atoms with Crippen molar-refractivity contribution in [2.45, 2.75) is 0 Å². The number of rotatable bonds is 4. The number of furan rings is 1. The van der Waals surface area contributed by atoms with Crippen molar-refractivity contribution in [3.63, 3.8) is 0 Å². The number of benzene rings is 9. The molecule has 0 aliphatic carbocycles. The fraction of sp³-hybridized carbons (Fsp3) is 0. The molecule has 0 fully saturated rings. The monoisotopic (exact) mass is 708 g/mol. The van der Waals surface area contributed by atoms with Gasteiger partial charge in [-0.3, -0.25) is 0 Å². The highest BCUT2D eigenvalue weighted by molar-refractivity contribution is 7.26. The molecule has 252 valence electrons. The molecule has 0 spiro atoms. The summed E-state index contributed by atoms with van der Waals surface area (Å²) >= 11 is 1.86. The van der Waals surface area contributed by atoms with Crippen molar-refractivity contribution < 1.29 is 8.83 Å². The van der Waals surface area contributed by atoms with Gasteiger partial charge in [-0.25, -0.2) is 4.98 Å². The molecule has 0 amide bonds. The summed E-state index contributed by atoms with van der Waals surface area (Å²) in [5.74, 6) is 0.584. The lowest BCUT2D eigenvalue weighted by atomic mass is 10.0. The Bertz CT molecular complexity index is 3480. The Balaban J connectivity index is 1.05. The summed E-state index contributed by atoms with van der Waals surface area (Å²) in [6, 6.07) is 60.3. The maximum Gasteiger partial charge on any atom is 0.228 e. The predicted octanol–water partition coefficient (Wildman–Crippen LogP) is 14.7. The Kier molecular flexibility index (Phi) is 6.18. The van der Waals surface area contributed by atoms with Crippen LogP contribution in [0.4, 0.5) is 17.1 Å². The average Bonchev–Trinajstić information content (AvgIpc) is 3.94. The molecule has 3 aromatic heterocycles. The van der Waals surface area contributed by atoms with Gasteiger partial charge in [-0.1, -0.05) is 103 Å². The maximum absolute atomic E-state index is 6.65. The topological polar surface area (TPSA) is 42.4 Å². The maximum atomic E-state index is 6.65. The molecule has 0 aliphatic rings. The van der Waals surface area contributed by atoms with E-state index < -0.39 is 0 Å². The third-order valence-corrected chi connectivity index (χ3v) is 12.1. The molecule has 4 nitrogen and oxygen atoms in total. The lowest BCUT2D eigenvalue weighted by molar-refractivity contribution is 0.620. The van der Waals surface area contributed by atoms with Crippen LogP contribution in [-0.2, 0) is 0 Å². The van der Waals surface area contributed by atoms with E-state index in [1.54, 1.807) is 0 Å². The molecular formula is C49H28N2O2S. The molecule has 0 saturated carbocycles. The van der Waals surface area contributed by atoms with E-state index in [-0.39, 0.29) is 0 Å². The number of nitrogens with zero attached hydrogens (tertiary/aromatic N) is 2. The second-order valence-corrected chi connectivity index (χ2v) is 15.0. The van der Waals surface area contributed by atoms with E-state index in [0.717, 1.165) is 66.4 Å². The van der Waals surface area contributed by atoms with Crippen molar-refractivity contribution in [1.29, 1.82) is 0 Å². The number of oxazole rings is 1. The number of hydrogen-bond donors (Lipinski definition) is 0. The number of aromatic nitrogens is 1. The molecule has 0 radical (unpaired) electrons. The molecule has 0 N–H and O–H groups in total. The number of hydrogen-bond acceptors (Lipinski definition) is 5. The number of fused-ring (bicyclic) bond motifs is 12. The van der Waals surface area contributed by atoms with Gasteiger partial charge in [-0.05, 0) is 87.6 Å². The minimum absolute atomic E-state index is 0.584. The highest BCUT2D eigenvalue weighted by atomic mass is 32.1. The Hall–Kier alpha value is -6.95. The zero-order valence-corrected chi connectivity index (χ0v) is 29.6. The Labute approximate surface area is 312 Å². The summed E-state index contributed by atoms with van der Waals surface area (Å²) in [6.07, 6.45) is 0. The second kappa shape index (κ2) is 11.3. The fourth-order valence-corrected chi connectivity index (χ4v) is 9.52. The van der Waals surface area contributed by atoms with Crippen LogP contribution >= 0.6 is 11.3 Å². The molecule has 12 aromatic rings. The highest BCUT2D eigenvalue weighted by Crippen LogP contribution is 2.45. The standard InChI is InChI=1S/C49H28N2O2S/c1-2-11-32-26-33(19-16-29(32)8-1)51(34-21-25-45-41(27-34)38-22-17-31-10-4-6-13-37(31)48(38)54-45)35-20-23-39-44(28-35)52-42-15-7-14-40(46(39)42)49-50-47-36-12-5-3-9-30(36)18-24-43(47)53-49/h1-28H. The van der Waals surface area contributed by atoms with Crippen LogP contribution in [0.1, 0.15) is 0 Å². The SMILES string of the molecule is c1ccc2cc(N(c3ccc4c(c3)oc3cccc(-c5nc6c(ccc7ccccc76)o5)c34)c3ccc4sc5c6ccccc6ccc5c4c3)ccc2c1. The van der Waals surface area contributed by atoms with Crippen LogP contribution < -0.4 is 4.90 Å². The van der Waals surface area contributed by atoms with Crippen molar-refractivity contribution in [3.05, 3.63) is 170 Å². The van der Waals surface area contributed by atoms with Crippen LogP contribution in [0.2, 0.25) is 0 Å². The minimum Gasteiger partial charge on any atom is -0.456 e. The Morgan fingerprint density at radius 2 is 1.11 bits per heavy atom. The normalized spacial score (nSPS) is 12.1. The van der Waals surface area contributed by atoms with Gasteiger partial charge in [0.2, 0.25) is 5.89 Å². The van der Waals surface area contributed by atoms with Crippen molar-refractivity contribution >= 4 is 114 Å². The van der Waals surface area contributed by atoms with E-state index >= 15 is 0 Å². The summed E-state index contributed by atoms with van der Waals surface area (Å²) in [7, 11) is 0. The van der Waals surface area contributed by atoms with Crippen LogP contribution in [0.3, 0.4) is 0 Å². The van der Waals surface area contributed by atoms with Crippen molar-refractivity contribution in [2.24, 2.45) is 0 Å². The molecule has 5 heteroatoms. The van der Waals surface area contributed by atoms with Crippen LogP contribution in [0.25, 0.3) is 97.0 Å². The molecule has 0 unspecified atom stereocenters. The predicted molar refractivity (Wildman–Crippen MR) is 227 cm³/mol. The lowest BCUT2D eigenvalue weighted by Crippen LogP contribution is -2.09. The molecule has 0 bridgehead atoms. The average molecular weight is 709 g/mol. The third-order valence-electron chi connectivity index (χ3n) is 10.8. The summed E-state index contributed by atoms with van der Waals surface area (Å²) in [6.45, 7) is 0. The van der Waals surface area contributed by atoms with E-state index in [9.17, 15) is 0 Å². The molecule has 0 saturated heterocycles. The summed E-state index contributed by atoms with van der Waals surface area (Å²) in [5.41, 5.74) is 7.31. The van der Waals surface area contributed by atoms with Crippen LogP contribution in [0, 0.1) is 0 Å². The van der Waals surface area contributed by atoms with Gasteiger partial charge in [0.05, 0.1) is 0 Å². The van der Waals surface area contributed by atoms with Crippen molar-refractivity contribution in [1.82, 2.24) is 4.98 Å². The van der Waals surface area contributed by atoms with E-state index in [4.69, 9.17) is 13.8 Å². The third kappa shape index (κ3) is 4.39. The molecule has 0 aliphatic heterocycles. The first-order valence-electron chi connectivity index (χ1n) is 18.1. The number of thiophene rings is 1. The molecule has 12 rings (SSSR count).